The lowest BCUT2D eigenvalue weighted by molar-refractivity contribution is 0.344. The van der Waals surface area contributed by atoms with Gasteiger partial charge in [0.15, 0.2) is 11.6 Å². The Morgan fingerprint density at radius 2 is 1.95 bits per heavy atom. The van der Waals surface area contributed by atoms with E-state index in [1.165, 1.54) is 4.31 Å². The SMILES string of the molecule is O=S(=O)(c1ccc(F)c(F)c1)N1CCCCCC1CCl. The van der Waals surface area contributed by atoms with Crippen molar-refractivity contribution in [3.63, 3.8) is 0 Å². The molecule has 112 valence electrons. The molecule has 0 amide bonds. The Balaban J connectivity index is 2.38. The van der Waals surface area contributed by atoms with Crippen molar-refractivity contribution in [3.05, 3.63) is 29.8 Å². The van der Waals surface area contributed by atoms with Crippen LogP contribution in [-0.4, -0.2) is 31.2 Å². The van der Waals surface area contributed by atoms with Crippen LogP contribution in [0.4, 0.5) is 8.78 Å². The smallest absolute Gasteiger partial charge is 0.207 e. The van der Waals surface area contributed by atoms with Crippen molar-refractivity contribution in [1.29, 1.82) is 0 Å². The van der Waals surface area contributed by atoms with Crippen molar-refractivity contribution in [1.82, 2.24) is 4.31 Å². The Labute approximate surface area is 122 Å². The molecule has 1 saturated heterocycles. The molecule has 1 fully saturated rings. The summed E-state index contributed by atoms with van der Waals surface area (Å²) < 4.78 is 52.6. The van der Waals surface area contributed by atoms with Crippen molar-refractivity contribution >= 4 is 21.6 Å². The average Bonchev–Trinajstić information content (AvgIpc) is 2.67. The molecule has 1 aliphatic heterocycles. The molecule has 1 aromatic rings. The lowest BCUT2D eigenvalue weighted by Crippen LogP contribution is -2.41. The minimum atomic E-state index is -3.84. The highest BCUT2D eigenvalue weighted by Gasteiger charge is 2.32. The first kappa shape index (κ1) is 15.7. The summed E-state index contributed by atoms with van der Waals surface area (Å²) in [5, 5.41) is 0. The second kappa shape index (κ2) is 6.37. The molecule has 3 nitrogen and oxygen atoms in total. The molecule has 0 aliphatic carbocycles. The van der Waals surface area contributed by atoms with E-state index in [0.29, 0.717) is 13.0 Å². The van der Waals surface area contributed by atoms with Crippen LogP contribution in [-0.2, 0) is 10.0 Å². The summed E-state index contributed by atoms with van der Waals surface area (Å²) in [4.78, 5) is -0.228. The van der Waals surface area contributed by atoms with E-state index in [4.69, 9.17) is 11.6 Å². The molecule has 0 radical (unpaired) electrons. The van der Waals surface area contributed by atoms with Crippen molar-refractivity contribution in [2.45, 2.75) is 36.6 Å². The second-order valence-electron chi connectivity index (χ2n) is 4.85. The zero-order valence-electron chi connectivity index (χ0n) is 10.9. The number of benzene rings is 1. The second-order valence-corrected chi connectivity index (χ2v) is 7.05. The van der Waals surface area contributed by atoms with Gasteiger partial charge in [-0.15, -0.1) is 11.6 Å². The maximum absolute atomic E-state index is 13.3. The number of rotatable bonds is 3. The van der Waals surface area contributed by atoms with Gasteiger partial charge in [0.25, 0.3) is 0 Å². The third-order valence-electron chi connectivity index (χ3n) is 3.50. The van der Waals surface area contributed by atoms with Crippen LogP contribution in [0.2, 0.25) is 0 Å². The van der Waals surface area contributed by atoms with Gasteiger partial charge in [-0.05, 0) is 31.0 Å². The fourth-order valence-electron chi connectivity index (χ4n) is 2.39. The van der Waals surface area contributed by atoms with E-state index >= 15 is 0 Å². The molecule has 0 spiro atoms. The van der Waals surface area contributed by atoms with E-state index in [0.717, 1.165) is 37.5 Å². The monoisotopic (exact) mass is 323 g/mol. The Hall–Kier alpha value is -0.720. The first-order valence-electron chi connectivity index (χ1n) is 6.49. The quantitative estimate of drug-likeness (QED) is 0.801. The number of hydrogen-bond donors (Lipinski definition) is 0. The molecule has 1 unspecified atom stereocenters. The molecule has 0 saturated carbocycles. The van der Waals surface area contributed by atoms with Crippen LogP contribution in [0.3, 0.4) is 0 Å². The lowest BCUT2D eigenvalue weighted by atomic mass is 10.1. The zero-order valence-corrected chi connectivity index (χ0v) is 12.4. The number of nitrogens with zero attached hydrogens (tertiary/aromatic N) is 1. The molecular formula is C13H16ClF2NO2S. The van der Waals surface area contributed by atoms with Gasteiger partial charge >= 0.3 is 0 Å². The fraction of sp³-hybridized carbons (Fsp3) is 0.538. The number of hydrogen-bond acceptors (Lipinski definition) is 2. The molecule has 0 N–H and O–H groups in total. The van der Waals surface area contributed by atoms with Crippen LogP contribution in [0, 0.1) is 11.6 Å². The van der Waals surface area contributed by atoms with Crippen molar-refractivity contribution < 1.29 is 17.2 Å². The summed E-state index contributed by atoms with van der Waals surface area (Å²) in [6.07, 6.45) is 3.29. The molecule has 0 bridgehead atoms. The Bertz CT molecular complexity index is 580. The molecule has 1 aliphatic rings. The van der Waals surface area contributed by atoms with E-state index in [-0.39, 0.29) is 16.8 Å². The van der Waals surface area contributed by atoms with E-state index in [9.17, 15) is 17.2 Å². The number of halogens is 3. The summed E-state index contributed by atoms with van der Waals surface area (Å²) in [5.41, 5.74) is 0. The summed E-state index contributed by atoms with van der Waals surface area (Å²) in [5.74, 6) is -2.03. The maximum Gasteiger partial charge on any atom is 0.243 e. The number of sulfonamides is 1. The van der Waals surface area contributed by atoms with Crippen LogP contribution in [0.15, 0.2) is 23.1 Å². The molecule has 2 rings (SSSR count). The van der Waals surface area contributed by atoms with Gasteiger partial charge in [0.1, 0.15) is 0 Å². The largest absolute Gasteiger partial charge is 0.243 e. The Morgan fingerprint density at radius 1 is 1.20 bits per heavy atom. The predicted molar refractivity (Wildman–Crippen MR) is 73.2 cm³/mol. The topological polar surface area (TPSA) is 37.4 Å². The highest BCUT2D eigenvalue weighted by molar-refractivity contribution is 7.89. The highest BCUT2D eigenvalue weighted by Crippen LogP contribution is 2.26. The van der Waals surface area contributed by atoms with E-state index in [2.05, 4.69) is 0 Å². The van der Waals surface area contributed by atoms with Crippen LogP contribution in [0.1, 0.15) is 25.7 Å². The van der Waals surface area contributed by atoms with Gasteiger partial charge in [0, 0.05) is 18.5 Å². The molecule has 1 heterocycles. The maximum atomic E-state index is 13.3. The summed E-state index contributed by atoms with van der Waals surface area (Å²) in [7, 11) is -3.84. The number of alkyl halides is 1. The summed E-state index contributed by atoms with van der Waals surface area (Å²) in [6.45, 7) is 0.360. The van der Waals surface area contributed by atoms with E-state index in [1.807, 2.05) is 0 Å². The summed E-state index contributed by atoms with van der Waals surface area (Å²) >= 11 is 5.86. The van der Waals surface area contributed by atoms with Crippen molar-refractivity contribution in [3.8, 4) is 0 Å². The molecule has 20 heavy (non-hydrogen) atoms. The van der Waals surface area contributed by atoms with Gasteiger partial charge in [-0.1, -0.05) is 12.8 Å². The first-order chi connectivity index (χ1) is 9.46. The summed E-state index contributed by atoms with van der Waals surface area (Å²) in [6, 6.07) is 2.35. The minimum absolute atomic E-state index is 0.197. The molecule has 1 aromatic carbocycles. The third kappa shape index (κ3) is 3.13. The predicted octanol–water partition coefficient (Wildman–Crippen LogP) is 3.14. The van der Waals surface area contributed by atoms with Gasteiger partial charge in [-0.2, -0.15) is 4.31 Å². The molecule has 7 heteroatoms. The van der Waals surface area contributed by atoms with E-state index in [1.54, 1.807) is 0 Å². The average molecular weight is 324 g/mol. The lowest BCUT2D eigenvalue weighted by Gasteiger charge is -2.27. The third-order valence-corrected chi connectivity index (χ3v) is 5.80. The van der Waals surface area contributed by atoms with E-state index < -0.39 is 21.7 Å². The zero-order chi connectivity index (χ0) is 14.8. The van der Waals surface area contributed by atoms with Gasteiger partial charge in [0.05, 0.1) is 4.90 Å². The van der Waals surface area contributed by atoms with Gasteiger partial charge in [-0.25, -0.2) is 17.2 Å². The molecular weight excluding hydrogens is 308 g/mol. The van der Waals surface area contributed by atoms with Gasteiger partial charge in [0.2, 0.25) is 10.0 Å². The first-order valence-corrected chi connectivity index (χ1v) is 8.47. The van der Waals surface area contributed by atoms with Crippen LogP contribution < -0.4 is 0 Å². The van der Waals surface area contributed by atoms with Crippen molar-refractivity contribution in [2.24, 2.45) is 0 Å². The Morgan fingerprint density at radius 3 is 2.60 bits per heavy atom. The van der Waals surface area contributed by atoms with Crippen LogP contribution in [0.5, 0.6) is 0 Å². The van der Waals surface area contributed by atoms with Crippen LogP contribution in [0.25, 0.3) is 0 Å². The van der Waals surface area contributed by atoms with Crippen LogP contribution >= 0.6 is 11.6 Å². The normalized spacial score (nSPS) is 21.6. The van der Waals surface area contributed by atoms with Gasteiger partial charge in [-0.3, -0.25) is 0 Å². The molecule has 0 aromatic heterocycles. The Kier molecular flexibility index (Phi) is 4.99. The van der Waals surface area contributed by atoms with Crippen molar-refractivity contribution in [2.75, 3.05) is 12.4 Å². The van der Waals surface area contributed by atoms with Gasteiger partial charge < -0.3 is 0 Å². The standard InChI is InChI=1S/C13H16ClF2NO2S/c14-9-10-4-2-1-3-7-17(10)20(18,19)11-5-6-12(15)13(16)8-11/h5-6,8,10H,1-4,7,9H2. The fourth-order valence-corrected chi connectivity index (χ4v) is 4.50. The minimum Gasteiger partial charge on any atom is -0.207 e. The highest BCUT2D eigenvalue weighted by atomic mass is 35.5. The molecule has 1 atom stereocenters.